The molecule has 310 valence electrons. The number of carbonyl (C=O) groups excluding carboxylic acids is 2. The molecule has 6 aliphatic carbocycles. The first kappa shape index (κ1) is 56.6. The van der Waals surface area contributed by atoms with Gasteiger partial charge in [0.25, 0.3) is 0 Å². The van der Waals surface area contributed by atoms with Crippen LogP contribution >= 0.6 is 0 Å². The van der Waals surface area contributed by atoms with Crippen molar-refractivity contribution < 1.29 is 23.8 Å². The molecule has 11 unspecified atom stereocenters. The summed E-state index contributed by atoms with van der Waals surface area (Å²) in [6, 6.07) is 0. The highest BCUT2D eigenvalue weighted by molar-refractivity contribution is 5.76. The molecule has 6 bridgehead atoms. The summed E-state index contributed by atoms with van der Waals surface area (Å²) in [5.74, 6) is 7.67. The van der Waals surface area contributed by atoms with Gasteiger partial charge in [0.15, 0.2) is 6.29 Å². The Labute approximate surface area is 322 Å². The molecule has 0 aliphatic heterocycles. The molecule has 6 saturated carbocycles. The Morgan fingerprint density at radius 2 is 1.10 bits per heavy atom. The minimum atomic E-state index is -0.415. The summed E-state index contributed by atoms with van der Waals surface area (Å²) in [5.41, 5.74) is -1.06. The minimum absolute atomic E-state index is 0. The van der Waals surface area contributed by atoms with Crippen LogP contribution in [0.3, 0.4) is 0 Å². The van der Waals surface area contributed by atoms with Gasteiger partial charge in [-0.2, -0.15) is 0 Å². The molecule has 0 aromatic rings. The SMILES string of the molecule is C.C.C.C.C.C.CC.CC.CCC(C)(C)C(=O)OC(C)(C)C1CC2CCC1C2.CCC(C)(C)C(=O)OC(C)OC1CC2CC1C1C3CCC(C3)C21. The molecular weight excluding hydrogens is 633 g/mol. The lowest BCUT2D eigenvalue weighted by Crippen LogP contribution is -2.42. The molecule has 11 atom stereocenters. The van der Waals surface area contributed by atoms with E-state index in [0.29, 0.717) is 12.0 Å². The molecule has 0 aromatic carbocycles. The maximum absolute atomic E-state index is 12.3. The van der Waals surface area contributed by atoms with Crippen LogP contribution in [-0.4, -0.2) is 29.9 Å². The lowest BCUT2D eigenvalue weighted by Gasteiger charge is -2.39. The van der Waals surface area contributed by atoms with Crippen molar-refractivity contribution in [3.05, 3.63) is 0 Å². The second kappa shape index (κ2) is 23.0. The summed E-state index contributed by atoms with van der Waals surface area (Å²) in [5, 5.41) is 0. The number of hydrogen-bond donors (Lipinski definition) is 0. The van der Waals surface area contributed by atoms with Crippen LogP contribution in [0.15, 0.2) is 0 Å². The van der Waals surface area contributed by atoms with Crippen molar-refractivity contribution in [2.45, 2.75) is 223 Å². The topological polar surface area (TPSA) is 61.8 Å². The van der Waals surface area contributed by atoms with E-state index in [9.17, 15) is 9.59 Å². The summed E-state index contributed by atoms with van der Waals surface area (Å²) in [7, 11) is 0. The minimum Gasteiger partial charge on any atom is -0.459 e. The van der Waals surface area contributed by atoms with Crippen molar-refractivity contribution in [2.75, 3.05) is 0 Å². The average Bonchev–Trinajstić information content (AvgIpc) is 3.87. The molecule has 51 heavy (non-hydrogen) atoms. The first-order valence-electron chi connectivity index (χ1n) is 19.3. The fourth-order valence-corrected chi connectivity index (χ4v) is 10.1. The van der Waals surface area contributed by atoms with Crippen molar-refractivity contribution in [3.63, 3.8) is 0 Å². The molecule has 6 fully saturated rings. The fourth-order valence-electron chi connectivity index (χ4n) is 10.1. The quantitative estimate of drug-likeness (QED) is 0.134. The zero-order valence-electron chi connectivity index (χ0n) is 31.7. The summed E-state index contributed by atoms with van der Waals surface area (Å²) < 4.78 is 17.7. The standard InChI is InChI=1S/C20H32O3.C16H28O2.2C2H6.6CH4/c1-5-20(3,4)19(21)23-11(2)22-16-10-14-9-15(16)18-13-7-6-12(8-13)17(14)18;1-6-15(2,3)14(17)18-16(4,5)13-10-11-7-8-12(13)9-11;2*1-2;;;;;;/h11-18H,5-10H2,1-4H3;11-13H,6-10H2,1-5H3;2*1-2H3;6*1H4. The summed E-state index contributed by atoms with van der Waals surface area (Å²) in [4.78, 5) is 24.5. The van der Waals surface area contributed by atoms with Gasteiger partial charge in [0, 0.05) is 5.92 Å². The maximum atomic E-state index is 12.3. The van der Waals surface area contributed by atoms with Crippen LogP contribution in [0.2, 0.25) is 0 Å². The average molecular weight is 729 g/mol. The highest BCUT2D eigenvalue weighted by Crippen LogP contribution is 2.67. The van der Waals surface area contributed by atoms with Gasteiger partial charge in [-0.25, -0.2) is 0 Å². The number of hydrogen-bond acceptors (Lipinski definition) is 5. The Bertz CT molecular complexity index is 969. The van der Waals surface area contributed by atoms with E-state index in [2.05, 4.69) is 13.8 Å². The van der Waals surface area contributed by atoms with E-state index < -0.39 is 11.7 Å². The van der Waals surface area contributed by atoms with Crippen molar-refractivity contribution in [3.8, 4) is 0 Å². The number of fused-ring (bicyclic) bond motifs is 11. The van der Waals surface area contributed by atoms with E-state index in [1.54, 1.807) is 0 Å². The lowest BCUT2D eigenvalue weighted by molar-refractivity contribution is -0.201. The van der Waals surface area contributed by atoms with Gasteiger partial charge in [-0.05, 0) is 160 Å². The van der Waals surface area contributed by atoms with Crippen LogP contribution in [0, 0.1) is 64.1 Å². The summed E-state index contributed by atoms with van der Waals surface area (Å²) in [6.45, 7) is 26.0. The Morgan fingerprint density at radius 1 is 0.608 bits per heavy atom. The molecule has 0 spiro atoms. The molecule has 5 heteroatoms. The van der Waals surface area contributed by atoms with Crippen LogP contribution in [0.5, 0.6) is 0 Å². The maximum Gasteiger partial charge on any atom is 0.313 e. The normalized spacial score (nSPS) is 31.9. The van der Waals surface area contributed by atoms with Crippen molar-refractivity contribution in [1.29, 1.82) is 0 Å². The number of ether oxygens (including phenoxy) is 3. The lowest BCUT2D eigenvalue weighted by atomic mass is 9.70. The van der Waals surface area contributed by atoms with Gasteiger partial charge in [-0.15, -0.1) is 0 Å². The largest absolute Gasteiger partial charge is 0.459 e. The molecule has 6 rings (SSSR count). The second-order valence-corrected chi connectivity index (χ2v) is 16.8. The van der Waals surface area contributed by atoms with Gasteiger partial charge in [-0.3, -0.25) is 9.59 Å². The molecular formula is C46H96O5. The first-order chi connectivity index (χ1) is 21.2. The molecule has 0 saturated heterocycles. The highest BCUT2D eigenvalue weighted by atomic mass is 16.7. The van der Waals surface area contributed by atoms with E-state index in [0.717, 1.165) is 60.2 Å². The number of rotatable bonds is 9. The Morgan fingerprint density at radius 3 is 1.57 bits per heavy atom. The molecule has 6 aliphatic rings. The molecule has 0 amide bonds. The van der Waals surface area contributed by atoms with Crippen LogP contribution in [0.25, 0.3) is 0 Å². The number of carbonyl (C=O) groups is 2. The summed E-state index contributed by atoms with van der Waals surface area (Å²) >= 11 is 0. The van der Waals surface area contributed by atoms with Crippen molar-refractivity contribution in [1.82, 2.24) is 0 Å². The van der Waals surface area contributed by atoms with E-state index in [1.165, 1.54) is 57.8 Å². The van der Waals surface area contributed by atoms with Gasteiger partial charge < -0.3 is 14.2 Å². The van der Waals surface area contributed by atoms with Gasteiger partial charge in [0.1, 0.15) is 5.60 Å². The van der Waals surface area contributed by atoms with Gasteiger partial charge >= 0.3 is 11.9 Å². The van der Waals surface area contributed by atoms with Crippen LogP contribution in [-0.2, 0) is 23.8 Å². The van der Waals surface area contributed by atoms with E-state index >= 15 is 0 Å². The monoisotopic (exact) mass is 729 g/mol. The zero-order valence-corrected chi connectivity index (χ0v) is 31.7. The molecule has 0 aromatic heterocycles. The van der Waals surface area contributed by atoms with Gasteiger partial charge in [0.05, 0.1) is 16.9 Å². The zero-order chi connectivity index (χ0) is 33.9. The molecule has 5 nitrogen and oxygen atoms in total. The summed E-state index contributed by atoms with van der Waals surface area (Å²) in [6.07, 6.45) is 13.9. The third-order valence-electron chi connectivity index (χ3n) is 13.2. The molecule has 0 heterocycles. The predicted molar refractivity (Wildman–Crippen MR) is 225 cm³/mol. The van der Waals surface area contributed by atoms with Gasteiger partial charge in [-0.1, -0.05) is 92.5 Å². The second-order valence-electron chi connectivity index (χ2n) is 16.8. The third-order valence-corrected chi connectivity index (χ3v) is 13.2. The van der Waals surface area contributed by atoms with E-state index in [4.69, 9.17) is 14.2 Å². The molecule has 0 N–H and O–H groups in total. The Kier molecular flexibility index (Phi) is 25.5. The van der Waals surface area contributed by atoms with Crippen LogP contribution < -0.4 is 0 Å². The van der Waals surface area contributed by atoms with E-state index in [-0.39, 0.29) is 67.5 Å². The van der Waals surface area contributed by atoms with Gasteiger partial charge in [0.2, 0.25) is 0 Å². The van der Waals surface area contributed by atoms with Crippen LogP contribution in [0.4, 0.5) is 0 Å². The predicted octanol–water partition coefficient (Wildman–Crippen LogP) is 14.4. The Balaban J connectivity index is -0.000000363. The fraction of sp³-hybridized carbons (Fsp3) is 0.957. The van der Waals surface area contributed by atoms with Crippen molar-refractivity contribution in [2.24, 2.45) is 64.1 Å². The first-order valence-corrected chi connectivity index (χ1v) is 19.3. The smallest absolute Gasteiger partial charge is 0.313 e. The Hall–Kier alpha value is -1.10. The molecule has 0 radical (unpaired) electrons. The van der Waals surface area contributed by atoms with E-state index in [1.807, 2.05) is 76.2 Å². The number of esters is 2. The van der Waals surface area contributed by atoms with Crippen LogP contribution in [0.1, 0.15) is 205 Å². The third kappa shape index (κ3) is 12.2. The van der Waals surface area contributed by atoms with Crippen molar-refractivity contribution >= 4 is 11.9 Å². The highest BCUT2D eigenvalue weighted by Gasteiger charge is 2.62.